The normalized spacial score (nSPS) is 9.33. The van der Waals surface area contributed by atoms with E-state index in [1.807, 2.05) is 0 Å². The number of esters is 1. The van der Waals surface area contributed by atoms with Gasteiger partial charge in [0, 0.05) is 0 Å². The Morgan fingerprint density at radius 2 is 1.93 bits per heavy atom. The van der Waals surface area contributed by atoms with Gasteiger partial charge in [-0.1, -0.05) is 24.8 Å². The third-order valence-corrected chi connectivity index (χ3v) is 1.74. The standard InChI is InChI=1S/C11H11NO3/c1-2-7-15-11(14)9-6-4-3-5-8(9)10(12)13/h2-6H,1,7H2,(H2,12,13). The monoisotopic (exact) mass is 205 g/mol. The first-order valence-corrected chi connectivity index (χ1v) is 4.33. The van der Waals surface area contributed by atoms with E-state index in [9.17, 15) is 9.59 Å². The zero-order chi connectivity index (χ0) is 11.3. The molecule has 1 aromatic carbocycles. The van der Waals surface area contributed by atoms with Crippen molar-refractivity contribution in [2.75, 3.05) is 6.61 Å². The maximum Gasteiger partial charge on any atom is 0.339 e. The van der Waals surface area contributed by atoms with Crippen LogP contribution in [0.15, 0.2) is 36.9 Å². The van der Waals surface area contributed by atoms with Crippen molar-refractivity contribution in [3.05, 3.63) is 48.0 Å². The summed E-state index contributed by atoms with van der Waals surface area (Å²) in [5.74, 6) is -1.23. The highest BCUT2D eigenvalue weighted by Crippen LogP contribution is 2.09. The molecule has 0 spiro atoms. The summed E-state index contributed by atoms with van der Waals surface area (Å²) in [6, 6.07) is 6.24. The van der Waals surface area contributed by atoms with Crippen molar-refractivity contribution in [2.45, 2.75) is 0 Å². The zero-order valence-corrected chi connectivity index (χ0v) is 8.10. The molecule has 1 aromatic rings. The molecule has 1 amide bonds. The van der Waals surface area contributed by atoms with E-state index < -0.39 is 11.9 Å². The van der Waals surface area contributed by atoms with Crippen LogP contribution in [0.3, 0.4) is 0 Å². The van der Waals surface area contributed by atoms with Crippen LogP contribution in [0, 0.1) is 0 Å². The first-order valence-electron chi connectivity index (χ1n) is 4.33. The Kier molecular flexibility index (Phi) is 3.62. The molecule has 0 aliphatic rings. The summed E-state index contributed by atoms with van der Waals surface area (Å²) in [4.78, 5) is 22.4. The second-order valence-corrected chi connectivity index (χ2v) is 2.80. The number of nitrogens with two attached hydrogens (primary N) is 1. The number of hydrogen-bond donors (Lipinski definition) is 1. The predicted molar refractivity (Wildman–Crippen MR) is 55.4 cm³/mol. The van der Waals surface area contributed by atoms with Crippen molar-refractivity contribution in [2.24, 2.45) is 5.73 Å². The van der Waals surface area contributed by atoms with Gasteiger partial charge in [0.25, 0.3) is 0 Å². The topological polar surface area (TPSA) is 69.4 Å². The van der Waals surface area contributed by atoms with Crippen LogP contribution in [-0.4, -0.2) is 18.5 Å². The fourth-order valence-electron chi connectivity index (χ4n) is 1.09. The summed E-state index contributed by atoms with van der Waals surface area (Å²) in [6.07, 6.45) is 1.45. The quantitative estimate of drug-likeness (QED) is 0.591. The highest BCUT2D eigenvalue weighted by molar-refractivity contribution is 6.04. The van der Waals surface area contributed by atoms with Gasteiger partial charge >= 0.3 is 5.97 Å². The molecule has 1 rings (SSSR count). The molecule has 0 aliphatic carbocycles. The second kappa shape index (κ2) is 4.95. The summed E-state index contributed by atoms with van der Waals surface area (Å²) >= 11 is 0. The summed E-state index contributed by atoms with van der Waals surface area (Å²) in [7, 11) is 0. The van der Waals surface area contributed by atoms with E-state index in [-0.39, 0.29) is 17.7 Å². The largest absolute Gasteiger partial charge is 0.458 e. The van der Waals surface area contributed by atoms with Gasteiger partial charge < -0.3 is 10.5 Å². The zero-order valence-electron chi connectivity index (χ0n) is 8.10. The van der Waals surface area contributed by atoms with Crippen molar-refractivity contribution in [3.63, 3.8) is 0 Å². The van der Waals surface area contributed by atoms with Gasteiger partial charge in [-0.05, 0) is 12.1 Å². The minimum Gasteiger partial charge on any atom is -0.458 e. The average molecular weight is 205 g/mol. The van der Waals surface area contributed by atoms with Crippen LogP contribution in [-0.2, 0) is 4.74 Å². The van der Waals surface area contributed by atoms with Gasteiger partial charge in [0.15, 0.2) is 0 Å². The third kappa shape index (κ3) is 2.67. The van der Waals surface area contributed by atoms with Gasteiger partial charge in [-0.15, -0.1) is 0 Å². The van der Waals surface area contributed by atoms with Gasteiger partial charge in [0.2, 0.25) is 5.91 Å². The van der Waals surface area contributed by atoms with Crippen molar-refractivity contribution in [1.29, 1.82) is 0 Å². The lowest BCUT2D eigenvalue weighted by Crippen LogP contribution is -2.17. The van der Waals surface area contributed by atoms with Crippen LogP contribution in [0.2, 0.25) is 0 Å². The van der Waals surface area contributed by atoms with Gasteiger partial charge in [-0.2, -0.15) is 0 Å². The smallest absolute Gasteiger partial charge is 0.339 e. The van der Waals surface area contributed by atoms with E-state index in [0.717, 1.165) is 0 Å². The van der Waals surface area contributed by atoms with Gasteiger partial charge in [0.1, 0.15) is 6.61 Å². The molecule has 0 unspecified atom stereocenters. The molecular formula is C11H11NO3. The van der Waals surface area contributed by atoms with Crippen LogP contribution in [0.5, 0.6) is 0 Å². The molecule has 4 nitrogen and oxygen atoms in total. The number of benzene rings is 1. The van der Waals surface area contributed by atoms with Crippen LogP contribution in [0.25, 0.3) is 0 Å². The van der Waals surface area contributed by atoms with Crippen LogP contribution in [0.4, 0.5) is 0 Å². The van der Waals surface area contributed by atoms with E-state index in [0.29, 0.717) is 0 Å². The van der Waals surface area contributed by atoms with E-state index in [1.54, 1.807) is 12.1 Å². The highest BCUT2D eigenvalue weighted by Gasteiger charge is 2.14. The molecule has 0 saturated heterocycles. The SMILES string of the molecule is C=CCOC(=O)c1ccccc1C(N)=O. The Labute approximate surface area is 87.3 Å². The molecule has 0 radical (unpaired) electrons. The van der Waals surface area contributed by atoms with Gasteiger partial charge in [-0.25, -0.2) is 4.79 Å². The third-order valence-electron chi connectivity index (χ3n) is 1.74. The average Bonchev–Trinajstić information content (AvgIpc) is 2.25. The Balaban J connectivity index is 2.97. The molecule has 0 saturated carbocycles. The van der Waals surface area contributed by atoms with Gasteiger partial charge in [0.05, 0.1) is 11.1 Å². The lowest BCUT2D eigenvalue weighted by Gasteiger charge is -2.05. The minimum absolute atomic E-state index is 0.103. The molecule has 0 bridgehead atoms. The van der Waals surface area contributed by atoms with Gasteiger partial charge in [-0.3, -0.25) is 4.79 Å². The molecular weight excluding hydrogens is 194 g/mol. The Morgan fingerprint density at radius 3 is 2.47 bits per heavy atom. The number of rotatable bonds is 4. The number of carbonyl (C=O) groups is 2. The molecule has 4 heteroatoms. The summed E-state index contributed by atoms with van der Waals surface area (Å²) in [5, 5.41) is 0. The molecule has 15 heavy (non-hydrogen) atoms. The van der Waals surface area contributed by atoms with Crippen molar-refractivity contribution >= 4 is 11.9 Å². The summed E-state index contributed by atoms with van der Waals surface area (Å²) in [5.41, 5.74) is 5.45. The van der Waals surface area contributed by atoms with Crippen molar-refractivity contribution in [1.82, 2.24) is 0 Å². The number of ether oxygens (including phenoxy) is 1. The van der Waals surface area contributed by atoms with E-state index in [2.05, 4.69) is 6.58 Å². The Morgan fingerprint density at radius 1 is 1.33 bits per heavy atom. The van der Waals surface area contributed by atoms with Crippen molar-refractivity contribution < 1.29 is 14.3 Å². The highest BCUT2D eigenvalue weighted by atomic mass is 16.5. The predicted octanol–water partition coefficient (Wildman–Crippen LogP) is 1.13. The molecule has 0 aliphatic heterocycles. The maximum atomic E-state index is 11.5. The van der Waals surface area contributed by atoms with Crippen LogP contribution < -0.4 is 5.73 Å². The first kappa shape index (κ1) is 11.0. The number of hydrogen-bond acceptors (Lipinski definition) is 3. The number of primary amides is 1. The van der Waals surface area contributed by atoms with Crippen LogP contribution >= 0.6 is 0 Å². The first-order chi connectivity index (χ1) is 7.16. The van der Waals surface area contributed by atoms with Crippen LogP contribution in [0.1, 0.15) is 20.7 Å². The van der Waals surface area contributed by atoms with Crippen molar-refractivity contribution in [3.8, 4) is 0 Å². The fourth-order valence-corrected chi connectivity index (χ4v) is 1.09. The van der Waals surface area contributed by atoms with E-state index >= 15 is 0 Å². The molecule has 0 heterocycles. The van der Waals surface area contributed by atoms with E-state index in [4.69, 9.17) is 10.5 Å². The molecule has 0 aromatic heterocycles. The summed E-state index contributed by atoms with van der Waals surface area (Å²) < 4.78 is 4.80. The lowest BCUT2D eigenvalue weighted by molar-refractivity contribution is 0.0546. The molecule has 2 N–H and O–H groups in total. The molecule has 78 valence electrons. The molecule has 0 atom stereocenters. The number of carbonyl (C=O) groups excluding carboxylic acids is 2. The fraction of sp³-hybridized carbons (Fsp3) is 0.0909. The Bertz CT molecular complexity index is 399. The maximum absolute atomic E-state index is 11.5. The van der Waals surface area contributed by atoms with E-state index in [1.165, 1.54) is 18.2 Å². The summed E-state index contributed by atoms with van der Waals surface area (Å²) in [6.45, 7) is 3.52. The second-order valence-electron chi connectivity index (χ2n) is 2.80. The number of amides is 1. The minimum atomic E-state index is -0.652. The molecule has 0 fully saturated rings. The lowest BCUT2D eigenvalue weighted by atomic mass is 10.1. The Hall–Kier alpha value is -2.10.